The molecule has 3 fully saturated rings. The van der Waals surface area contributed by atoms with Gasteiger partial charge in [0, 0.05) is 17.1 Å². The summed E-state index contributed by atoms with van der Waals surface area (Å²) in [5, 5.41) is 21.9. The van der Waals surface area contributed by atoms with E-state index in [1.165, 1.54) is 6.08 Å². The maximum absolute atomic E-state index is 12.9. The summed E-state index contributed by atoms with van der Waals surface area (Å²) in [7, 11) is 0. The Morgan fingerprint density at radius 3 is 2.31 bits per heavy atom. The van der Waals surface area contributed by atoms with Gasteiger partial charge in [0.25, 0.3) is 0 Å². The minimum Gasteiger partial charge on any atom is -0.479 e. The number of Topliss-reactive ketones (excluding diaryl/α,β-unsaturated/α-hetero) is 1. The van der Waals surface area contributed by atoms with Crippen LogP contribution in [0.25, 0.3) is 0 Å². The minimum absolute atomic E-state index is 0.0142. The Hall–Kier alpha value is -1.76. The first-order valence-corrected chi connectivity index (χ1v) is 13.5. The second-order valence-corrected chi connectivity index (χ2v) is 13.5. The maximum Gasteiger partial charge on any atom is 0.202 e. The molecule has 0 amide bonds. The average molecular weight is 499 g/mol. The number of ketones is 2. The third-order valence-electron chi connectivity index (χ3n) is 10.8. The molecular formula is C30H42O6. The summed E-state index contributed by atoms with van der Waals surface area (Å²) in [5.74, 6) is 1.12. The van der Waals surface area contributed by atoms with E-state index in [9.17, 15) is 19.8 Å². The summed E-state index contributed by atoms with van der Waals surface area (Å²) >= 11 is 0. The van der Waals surface area contributed by atoms with Crippen molar-refractivity contribution in [2.45, 2.75) is 104 Å². The summed E-state index contributed by atoms with van der Waals surface area (Å²) < 4.78 is 11.9. The molecule has 198 valence electrons. The van der Waals surface area contributed by atoms with Crippen molar-refractivity contribution in [2.75, 3.05) is 0 Å². The molecule has 5 aliphatic rings. The Bertz CT molecular complexity index is 1070. The van der Waals surface area contributed by atoms with Gasteiger partial charge in [0.05, 0.1) is 6.10 Å². The van der Waals surface area contributed by atoms with Gasteiger partial charge in [-0.2, -0.15) is 0 Å². The van der Waals surface area contributed by atoms with E-state index < -0.39 is 29.5 Å². The highest BCUT2D eigenvalue weighted by Crippen LogP contribution is 2.70. The normalized spacial score (nSPS) is 45.3. The van der Waals surface area contributed by atoms with Crippen LogP contribution >= 0.6 is 0 Å². The molecule has 36 heavy (non-hydrogen) atoms. The molecule has 6 nitrogen and oxygen atoms in total. The second kappa shape index (κ2) is 8.12. The van der Waals surface area contributed by atoms with E-state index >= 15 is 0 Å². The molecule has 2 aliphatic heterocycles. The summed E-state index contributed by atoms with van der Waals surface area (Å²) in [6, 6.07) is 0. The van der Waals surface area contributed by atoms with Gasteiger partial charge in [-0.05, 0) is 86.5 Å². The zero-order chi connectivity index (χ0) is 26.4. The predicted molar refractivity (Wildman–Crippen MR) is 136 cm³/mol. The molecule has 2 N–H and O–H groups in total. The van der Waals surface area contributed by atoms with Gasteiger partial charge in [-0.25, -0.2) is 0 Å². The summed E-state index contributed by atoms with van der Waals surface area (Å²) in [6.07, 6.45) is 6.22. The number of fused-ring (bicyclic) bond motifs is 3. The maximum atomic E-state index is 12.9. The lowest BCUT2D eigenvalue weighted by Gasteiger charge is -2.62. The van der Waals surface area contributed by atoms with E-state index in [0.717, 1.165) is 31.3 Å². The van der Waals surface area contributed by atoms with E-state index in [1.807, 2.05) is 13.8 Å². The third-order valence-corrected chi connectivity index (χ3v) is 10.8. The minimum atomic E-state index is -1.03. The smallest absolute Gasteiger partial charge is 0.202 e. The Morgan fingerprint density at radius 1 is 1.00 bits per heavy atom. The van der Waals surface area contributed by atoms with Gasteiger partial charge in [-0.15, -0.1) is 0 Å². The molecule has 0 aromatic carbocycles. The van der Waals surface area contributed by atoms with Crippen molar-refractivity contribution in [1.82, 2.24) is 0 Å². The van der Waals surface area contributed by atoms with Crippen molar-refractivity contribution in [3.8, 4) is 0 Å². The van der Waals surface area contributed by atoms with E-state index in [2.05, 4.69) is 26.5 Å². The fourth-order valence-corrected chi connectivity index (χ4v) is 8.96. The molecule has 0 aromatic rings. The van der Waals surface area contributed by atoms with Gasteiger partial charge in [0.2, 0.25) is 5.78 Å². The molecule has 0 unspecified atom stereocenters. The van der Waals surface area contributed by atoms with Gasteiger partial charge in [-0.3, -0.25) is 9.59 Å². The lowest BCUT2D eigenvalue weighted by atomic mass is 9.42. The van der Waals surface area contributed by atoms with Crippen LogP contribution in [0.5, 0.6) is 0 Å². The second-order valence-electron chi connectivity index (χ2n) is 13.5. The molecule has 6 heteroatoms. The molecule has 0 saturated heterocycles. The number of carbonyl (C=O) groups excluding carboxylic acids is 2. The Kier molecular flexibility index (Phi) is 5.83. The molecule has 8 atom stereocenters. The Morgan fingerprint density at radius 2 is 1.69 bits per heavy atom. The van der Waals surface area contributed by atoms with Crippen LogP contribution in [0.4, 0.5) is 0 Å². The quantitative estimate of drug-likeness (QED) is 0.551. The summed E-state index contributed by atoms with van der Waals surface area (Å²) in [6.45, 7) is 16.2. The van der Waals surface area contributed by atoms with Gasteiger partial charge >= 0.3 is 0 Å². The van der Waals surface area contributed by atoms with Gasteiger partial charge in [0.15, 0.2) is 17.7 Å². The lowest BCUT2D eigenvalue weighted by Crippen LogP contribution is -2.61. The summed E-state index contributed by atoms with van der Waals surface area (Å²) in [4.78, 5) is 25.0. The number of hydrogen-bond donors (Lipinski definition) is 2. The van der Waals surface area contributed by atoms with E-state index in [4.69, 9.17) is 9.47 Å². The van der Waals surface area contributed by atoms with Crippen molar-refractivity contribution >= 4 is 11.6 Å². The summed E-state index contributed by atoms with van der Waals surface area (Å²) in [5.41, 5.74) is -0.0674. The van der Waals surface area contributed by atoms with Crippen LogP contribution < -0.4 is 0 Å². The Labute approximate surface area is 214 Å². The first-order valence-electron chi connectivity index (χ1n) is 13.5. The van der Waals surface area contributed by atoms with Crippen LogP contribution in [-0.4, -0.2) is 45.9 Å². The number of hydrogen-bond acceptors (Lipinski definition) is 6. The van der Waals surface area contributed by atoms with E-state index in [1.54, 1.807) is 13.8 Å². The number of aliphatic hydroxyl groups is 2. The molecule has 5 rings (SSSR count). The molecule has 0 aromatic heterocycles. The van der Waals surface area contributed by atoms with Crippen LogP contribution in [0.15, 0.2) is 35.6 Å². The fourth-order valence-electron chi connectivity index (χ4n) is 8.96. The van der Waals surface area contributed by atoms with Crippen molar-refractivity contribution in [3.63, 3.8) is 0 Å². The highest BCUT2D eigenvalue weighted by Gasteiger charge is 2.66. The topological polar surface area (TPSA) is 93.1 Å². The first kappa shape index (κ1) is 25.9. The molecule has 3 saturated carbocycles. The van der Waals surface area contributed by atoms with E-state index in [0.29, 0.717) is 30.1 Å². The van der Waals surface area contributed by atoms with Crippen LogP contribution in [0.1, 0.15) is 80.1 Å². The molecule has 2 heterocycles. The van der Waals surface area contributed by atoms with Crippen molar-refractivity contribution in [1.29, 1.82) is 0 Å². The molecule has 3 aliphatic carbocycles. The van der Waals surface area contributed by atoms with Crippen molar-refractivity contribution in [2.24, 2.45) is 34.0 Å². The Balaban J connectivity index is 1.37. The van der Waals surface area contributed by atoms with Crippen molar-refractivity contribution in [3.05, 3.63) is 35.6 Å². The number of carbonyl (C=O) groups is 2. The lowest BCUT2D eigenvalue weighted by molar-refractivity contribution is -0.176. The largest absolute Gasteiger partial charge is 0.479 e. The number of rotatable bonds is 3. The third kappa shape index (κ3) is 3.54. The van der Waals surface area contributed by atoms with Gasteiger partial charge in [-0.1, -0.05) is 40.3 Å². The predicted octanol–water partition coefficient (Wildman–Crippen LogP) is 4.65. The average Bonchev–Trinajstić information content (AvgIpc) is 3.27. The molecule has 0 radical (unpaired) electrons. The van der Waals surface area contributed by atoms with Gasteiger partial charge in [0.1, 0.15) is 11.9 Å². The zero-order valence-electron chi connectivity index (χ0n) is 22.6. The molecule has 0 bridgehead atoms. The van der Waals surface area contributed by atoms with E-state index in [-0.39, 0.29) is 34.2 Å². The zero-order valence-corrected chi connectivity index (χ0v) is 22.6. The fraction of sp³-hybridized carbons (Fsp3) is 0.733. The SMILES string of the molecule is C=C(C1=CC(=O)C(C)(C)O1)[C@@H]1CC=C([C@@H]2CC[C@H]3[C@@]2(C)CC[C@H]2C(C)(C)C(=O)[C@H](O)C[C@]32C)[C@H](O)O1. The van der Waals surface area contributed by atoms with Gasteiger partial charge < -0.3 is 19.7 Å². The molecule has 0 spiro atoms. The first-order chi connectivity index (χ1) is 16.6. The van der Waals surface area contributed by atoms with Crippen LogP contribution in [-0.2, 0) is 19.1 Å². The number of aliphatic hydroxyl groups excluding tert-OH is 2. The van der Waals surface area contributed by atoms with Crippen molar-refractivity contribution < 1.29 is 29.3 Å². The highest BCUT2D eigenvalue weighted by atomic mass is 16.6. The number of ether oxygens (including phenoxy) is 2. The van der Waals surface area contributed by atoms with Crippen LogP contribution in [0.3, 0.4) is 0 Å². The molecular weight excluding hydrogens is 456 g/mol. The highest BCUT2D eigenvalue weighted by molar-refractivity contribution is 5.99. The van der Waals surface area contributed by atoms with Crippen LogP contribution in [0, 0.1) is 34.0 Å². The monoisotopic (exact) mass is 498 g/mol. The van der Waals surface area contributed by atoms with Crippen LogP contribution in [0.2, 0.25) is 0 Å². The standard InChI is InChI=1S/C30H42O6/c1-16(21-14-24(32)28(4,5)36-21)20-10-8-17(26(34)35-20)18-9-11-23-29(18,6)13-12-22-27(2,3)25(33)19(31)15-30(22,23)7/h8,14,18-20,22-23,26,31,34H,1,9-13,15H2,2-7H3/t18-,19+,20-,22-,23-,26+,29-,30-/m0/s1.